The number of hydrogen-bond donors (Lipinski definition) is 0. The van der Waals surface area contributed by atoms with E-state index in [1.807, 2.05) is 0 Å². The van der Waals surface area contributed by atoms with Crippen LogP contribution in [0.25, 0.3) is 0 Å². The minimum Gasteiger partial charge on any atom is -0.258 e. The lowest BCUT2D eigenvalue weighted by Crippen LogP contribution is -2.08. The molecule has 0 aromatic heterocycles. The van der Waals surface area contributed by atoms with E-state index in [9.17, 15) is 43.5 Å². The number of nitrogens with zero attached hydrogens (tertiary/aromatic N) is 3. The number of halogens is 3. The second kappa shape index (κ2) is 4.23. The standard InChI is InChI=1S/C6F3N3O6/c7-1-2(8)4(10(13)14)6(12(17)18)5(3(1)9)11(15)16. The van der Waals surface area contributed by atoms with E-state index in [0.29, 0.717) is 0 Å². The van der Waals surface area contributed by atoms with Crippen LogP contribution in [0, 0.1) is 47.8 Å². The first-order valence-electron chi connectivity index (χ1n) is 3.83. The second-order valence-corrected chi connectivity index (χ2v) is 2.76. The molecular weight excluding hydrogens is 267 g/mol. The molecule has 0 bridgehead atoms. The molecule has 0 amide bonds. The predicted molar refractivity (Wildman–Crippen MR) is 46.3 cm³/mol. The number of benzene rings is 1. The fraction of sp³-hybridized carbons (Fsp3) is 0. The maximum Gasteiger partial charge on any atom is 0.428 e. The fourth-order valence-corrected chi connectivity index (χ4v) is 1.13. The third-order valence-electron chi connectivity index (χ3n) is 1.80. The molecule has 96 valence electrons. The monoisotopic (exact) mass is 267 g/mol. The summed E-state index contributed by atoms with van der Waals surface area (Å²) in [7, 11) is 0. The molecule has 0 fully saturated rings. The van der Waals surface area contributed by atoms with E-state index in [1.54, 1.807) is 0 Å². The fourth-order valence-electron chi connectivity index (χ4n) is 1.13. The van der Waals surface area contributed by atoms with Crippen LogP contribution in [0.15, 0.2) is 0 Å². The minimum atomic E-state index is -2.53. The summed E-state index contributed by atoms with van der Waals surface area (Å²) in [4.78, 5) is 25.8. The first kappa shape index (κ1) is 13.3. The van der Waals surface area contributed by atoms with Gasteiger partial charge in [0, 0.05) is 0 Å². The van der Waals surface area contributed by atoms with Crippen molar-refractivity contribution in [2.24, 2.45) is 0 Å². The Morgan fingerprint density at radius 1 is 0.611 bits per heavy atom. The van der Waals surface area contributed by atoms with Gasteiger partial charge in [-0.25, -0.2) is 0 Å². The topological polar surface area (TPSA) is 129 Å². The number of nitro groups is 3. The highest BCUT2D eigenvalue weighted by Crippen LogP contribution is 2.41. The van der Waals surface area contributed by atoms with Gasteiger partial charge in [0.2, 0.25) is 17.5 Å². The molecule has 18 heavy (non-hydrogen) atoms. The van der Waals surface area contributed by atoms with Crippen molar-refractivity contribution in [2.45, 2.75) is 0 Å². The summed E-state index contributed by atoms with van der Waals surface area (Å²) < 4.78 is 38.8. The third kappa shape index (κ3) is 1.79. The van der Waals surface area contributed by atoms with Crippen LogP contribution in [0.3, 0.4) is 0 Å². The predicted octanol–water partition coefficient (Wildman–Crippen LogP) is 1.83. The van der Waals surface area contributed by atoms with Gasteiger partial charge in [-0.3, -0.25) is 30.3 Å². The molecule has 0 aliphatic carbocycles. The van der Waals surface area contributed by atoms with Crippen LogP contribution in [0.1, 0.15) is 0 Å². The van der Waals surface area contributed by atoms with Crippen molar-refractivity contribution >= 4 is 17.1 Å². The summed E-state index contributed by atoms with van der Waals surface area (Å²) in [5.74, 6) is -7.48. The quantitative estimate of drug-likeness (QED) is 0.466. The molecule has 0 radical (unpaired) electrons. The highest BCUT2D eigenvalue weighted by Gasteiger charge is 2.46. The third-order valence-corrected chi connectivity index (χ3v) is 1.80. The van der Waals surface area contributed by atoms with Gasteiger partial charge in [0.25, 0.3) is 0 Å². The summed E-state index contributed by atoms with van der Waals surface area (Å²) >= 11 is 0. The zero-order chi connectivity index (χ0) is 14.2. The van der Waals surface area contributed by atoms with Gasteiger partial charge in [-0.05, 0) is 0 Å². The van der Waals surface area contributed by atoms with Crippen LogP contribution < -0.4 is 0 Å². The van der Waals surface area contributed by atoms with Gasteiger partial charge in [-0.2, -0.15) is 13.2 Å². The summed E-state index contributed by atoms with van der Waals surface area (Å²) in [6.45, 7) is 0. The van der Waals surface area contributed by atoms with Crippen LogP contribution in [0.5, 0.6) is 0 Å². The molecule has 9 nitrogen and oxygen atoms in total. The van der Waals surface area contributed by atoms with E-state index in [2.05, 4.69) is 0 Å². The van der Waals surface area contributed by atoms with Crippen LogP contribution in [0.4, 0.5) is 30.2 Å². The van der Waals surface area contributed by atoms with Crippen molar-refractivity contribution in [2.75, 3.05) is 0 Å². The Morgan fingerprint density at radius 2 is 0.889 bits per heavy atom. The van der Waals surface area contributed by atoms with E-state index in [0.717, 1.165) is 0 Å². The largest absolute Gasteiger partial charge is 0.428 e. The number of hydrogen-bond acceptors (Lipinski definition) is 6. The van der Waals surface area contributed by atoms with Gasteiger partial charge in [0.05, 0.1) is 14.8 Å². The Labute approximate surface area is 93.9 Å². The van der Waals surface area contributed by atoms with Gasteiger partial charge in [0.15, 0.2) is 0 Å². The number of rotatable bonds is 3. The molecule has 0 saturated carbocycles. The highest BCUT2D eigenvalue weighted by atomic mass is 19.2. The molecular formula is C6F3N3O6. The molecule has 0 N–H and O–H groups in total. The SMILES string of the molecule is O=[N+]([O-])c1c(F)c(F)c(F)c([N+](=O)[O-])c1[N+](=O)[O-]. The van der Waals surface area contributed by atoms with Crippen molar-refractivity contribution in [1.29, 1.82) is 0 Å². The minimum absolute atomic E-state index is 1.73. The Hall–Kier alpha value is -2.79. The lowest BCUT2D eigenvalue weighted by atomic mass is 10.2. The van der Waals surface area contributed by atoms with Gasteiger partial charge < -0.3 is 0 Å². The van der Waals surface area contributed by atoms with E-state index in [1.165, 1.54) is 0 Å². The van der Waals surface area contributed by atoms with Gasteiger partial charge >= 0.3 is 17.1 Å². The van der Waals surface area contributed by atoms with Crippen LogP contribution in [-0.2, 0) is 0 Å². The first-order chi connectivity index (χ1) is 8.20. The average molecular weight is 267 g/mol. The maximum absolute atomic E-state index is 13.0. The second-order valence-electron chi connectivity index (χ2n) is 2.76. The van der Waals surface area contributed by atoms with Gasteiger partial charge in [-0.1, -0.05) is 0 Å². The molecule has 1 aromatic carbocycles. The lowest BCUT2D eigenvalue weighted by molar-refractivity contribution is -0.443. The van der Waals surface area contributed by atoms with Crippen molar-refractivity contribution in [3.63, 3.8) is 0 Å². The highest BCUT2D eigenvalue weighted by molar-refractivity contribution is 5.67. The molecule has 12 heteroatoms. The normalized spacial score (nSPS) is 10.2. The summed E-state index contributed by atoms with van der Waals surface area (Å²) in [6.07, 6.45) is 0. The van der Waals surface area contributed by atoms with E-state index >= 15 is 0 Å². The Bertz CT molecular complexity index is 547. The van der Waals surface area contributed by atoms with E-state index in [-0.39, 0.29) is 0 Å². The summed E-state index contributed by atoms with van der Waals surface area (Å²) in [6, 6.07) is 0. The van der Waals surface area contributed by atoms with Crippen LogP contribution in [0.2, 0.25) is 0 Å². The Morgan fingerprint density at radius 3 is 1.11 bits per heavy atom. The van der Waals surface area contributed by atoms with Crippen LogP contribution >= 0.6 is 0 Å². The van der Waals surface area contributed by atoms with Gasteiger partial charge in [-0.15, -0.1) is 0 Å². The average Bonchev–Trinajstić information content (AvgIpc) is 2.23. The Kier molecular flexibility index (Phi) is 3.12. The Balaban J connectivity index is 3.99. The van der Waals surface area contributed by atoms with Gasteiger partial charge in [0.1, 0.15) is 0 Å². The van der Waals surface area contributed by atoms with Crippen LogP contribution in [-0.4, -0.2) is 14.8 Å². The lowest BCUT2D eigenvalue weighted by Gasteiger charge is -2.00. The molecule has 0 saturated heterocycles. The van der Waals surface area contributed by atoms with Crippen molar-refractivity contribution < 1.29 is 27.9 Å². The number of nitro benzene ring substituents is 3. The molecule has 0 aliphatic heterocycles. The zero-order valence-corrected chi connectivity index (χ0v) is 7.93. The zero-order valence-electron chi connectivity index (χ0n) is 7.93. The van der Waals surface area contributed by atoms with Crippen molar-refractivity contribution in [1.82, 2.24) is 0 Å². The first-order valence-corrected chi connectivity index (χ1v) is 3.83. The smallest absolute Gasteiger partial charge is 0.258 e. The maximum atomic E-state index is 13.0. The van der Waals surface area contributed by atoms with E-state index < -0.39 is 49.3 Å². The summed E-state index contributed by atoms with van der Waals surface area (Å²) in [5.41, 5.74) is -6.27. The van der Waals surface area contributed by atoms with E-state index in [4.69, 9.17) is 0 Å². The molecule has 0 heterocycles. The molecule has 0 spiro atoms. The molecule has 1 rings (SSSR count). The van der Waals surface area contributed by atoms with Crippen molar-refractivity contribution in [3.05, 3.63) is 47.8 Å². The molecule has 0 aliphatic rings. The summed E-state index contributed by atoms with van der Waals surface area (Å²) in [5, 5.41) is 31.1. The molecule has 0 unspecified atom stereocenters. The van der Waals surface area contributed by atoms with Crippen molar-refractivity contribution in [3.8, 4) is 0 Å². The molecule has 0 atom stereocenters. The molecule has 1 aromatic rings.